The van der Waals surface area contributed by atoms with E-state index < -0.39 is 10.0 Å². The lowest BCUT2D eigenvalue weighted by Gasteiger charge is -2.44. The maximum Gasteiger partial charge on any atom is 0.254 e. The number of carbonyl (C=O) groups is 1. The van der Waals surface area contributed by atoms with Crippen molar-refractivity contribution in [2.24, 2.45) is 0 Å². The average molecular weight is 328 g/mol. The number of hydrogen-bond acceptors (Lipinski definition) is 4. The van der Waals surface area contributed by atoms with Crippen LogP contribution in [0.2, 0.25) is 0 Å². The lowest BCUT2D eigenvalue weighted by molar-refractivity contribution is 0.0525. The average Bonchev–Trinajstić information content (AvgIpc) is 3.07. The number of carbonyl (C=O) groups excluding carboxylic acids is 1. The fourth-order valence-electron chi connectivity index (χ4n) is 3.69. The second-order valence-electron chi connectivity index (χ2n) is 6.01. The first-order valence-corrected chi connectivity index (χ1v) is 10.0. The molecule has 0 aliphatic carbocycles. The molecule has 1 aromatic rings. The van der Waals surface area contributed by atoms with Gasteiger partial charge in [0, 0.05) is 25.0 Å². The van der Waals surface area contributed by atoms with Crippen LogP contribution in [0, 0.1) is 0 Å². The van der Waals surface area contributed by atoms with Crippen LogP contribution < -0.4 is 0 Å². The van der Waals surface area contributed by atoms with Gasteiger partial charge in [-0.1, -0.05) is 0 Å². The molecule has 0 radical (unpaired) electrons. The van der Waals surface area contributed by atoms with E-state index in [1.807, 2.05) is 21.7 Å². The highest BCUT2D eigenvalue weighted by Gasteiger charge is 2.48. The number of likely N-dealkylation sites (tertiary alicyclic amines) is 1. The van der Waals surface area contributed by atoms with Gasteiger partial charge in [0.15, 0.2) is 0 Å². The summed E-state index contributed by atoms with van der Waals surface area (Å²) in [7, 11) is -3.22. The smallest absolute Gasteiger partial charge is 0.254 e. The minimum Gasteiger partial charge on any atom is -0.337 e. The van der Waals surface area contributed by atoms with Crippen LogP contribution in [0.15, 0.2) is 16.8 Å². The summed E-state index contributed by atoms with van der Waals surface area (Å²) in [5.41, 5.74) is 0.332. The van der Waals surface area contributed by atoms with Crippen molar-refractivity contribution < 1.29 is 13.2 Å². The van der Waals surface area contributed by atoms with E-state index in [1.165, 1.54) is 17.6 Å². The van der Waals surface area contributed by atoms with E-state index in [0.29, 0.717) is 25.2 Å². The first kappa shape index (κ1) is 15.0. The first-order chi connectivity index (χ1) is 9.92. The third kappa shape index (κ3) is 2.74. The summed E-state index contributed by atoms with van der Waals surface area (Å²) in [5, 5.41) is 3.75. The predicted molar refractivity (Wildman–Crippen MR) is 83.0 cm³/mol. The maximum absolute atomic E-state index is 12.5. The molecule has 0 saturated carbocycles. The van der Waals surface area contributed by atoms with Gasteiger partial charge in [-0.05, 0) is 37.1 Å². The van der Waals surface area contributed by atoms with E-state index in [2.05, 4.69) is 0 Å². The summed E-state index contributed by atoms with van der Waals surface area (Å²) in [6.07, 6.45) is 4.73. The van der Waals surface area contributed by atoms with Crippen molar-refractivity contribution in [2.75, 3.05) is 25.9 Å². The number of rotatable bonds is 2. The molecule has 5 nitrogen and oxygen atoms in total. The zero-order valence-electron chi connectivity index (χ0n) is 12.1. The zero-order valence-corrected chi connectivity index (χ0v) is 13.8. The van der Waals surface area contributed by atoms with Gasteiger partial charge in [0.2, 0.25) is 10.0 Å². The summed E-state index contributed by atoms with van der Waals surface area (Å²) in [5.74, 6) is 0.0238. The molecule has 116 valence electrons. The lowest BCUT2D eigenvalue weighted by Crippen LogP contribution is -2.58. The van der Waals surface area contributed by atoms with Gasteiger partial charge in [-0.3, -0.25) is 4.79 Å². The quantitative estimate of drug-likeness (QED) is 0.831. The van der Waals surface area contributed by atoms with Crippen LogP contribution in [-0.4, -0.2) is 55.0 Å². The van der Waals surface area contributed by atoms with Gasteiger partial charge < -0.3 is 4.90 Å². The highest BCUT2D eigenvalue weighted by Crippen LogP contribution is 2.39. The molecule has 3 heterocycles. The van der Waals surface area contributed by atoms with Crippen molar-refractivity contribution in [1.82, 2.24) is 9.21 Å². The molecular weight excluding hydrogens is 308 g/mol. The molecule has 0 unspecified atom stereocenters. The van der Waals surface area contributed by atoms with Gasteiger partial charge in [-0.15, -0.1) is 0 Å². The van der Waals surface area contributed by atoms with Crippen LogP contribution in [0.1, 0.15) is 36.0 Å². The Balaban J connectivity index is 1.84. The molecule has 7 heteroatoms. The molecule has 1 atom stereocenters. The minimum atomic E-state index is -3.22. The number of thiophene rings is 1. The molecular formula is C14H20N2O3S2. The van der Waals surface area contributed by atoms with E-state index in [9.17, 15) is 13.2 Å². The molecule has 0 N–H and O–H groups in total. The molecule has 21 heavy (non-hydrogen) atoms. The summed E-state index contributed by atoms with van der Waals surface area (Å²) in [6, 6.07) is 1.83. The summed E-state index contributed by atoms with van der Waals surface area (Å²) < 4.78 is 25.7. The zero-order chi connectivity index (χ0) is 15.1. The molecule has 0 bridgehead atoms. The first-order valence-electron chi connectivity index (χ1n) is 7.22. The van der Waals surface area contributed by atoms with Crippen LogP contribution in [0.5, 0.6) is 0 Å². The Labute approximate surface area is 129 Å². The Kier molecular flexibility index (Phi) is 3.83. The molecule has 2 saturated heterocycles. The molecule has 2 fully saturated rings. The number of amides is 1. The van der Waals surface area contributed by atoms with E-state index in [-0.39, 0.29) is 11.4 Å². The second-order valence-corrected chi connectivity index (χ2v) is 8.69. The van der Waals surface area contributed by atoms with E-state index in [0.717, 1.165) is 25.7 Å². The van der Waals surface area contributed by atoms with Gasteiger partial charge in [0.25, 0.3) is 5.91 Å². The van der Waals surface area contributed by atoms with Crippen molar-refractivity contribution in [1.29, 1.82) is 0 Å². The summed E-state index contributed by atoms with van der Waals surface area (Å²) in [4.78, 5) is 14.4. The molecule has 1 aromatic heterocycles. The van der Waals surface area contributed by atoms with Gasteiger partial charge >= 0.3 is 0 Å². The van der Waals surface area contributed by atoms with Crippen LogP contribution in [-0.2, 0) is 10.0 Å². The van der Waals surface area contributed by atoms with Crippen LogP contribution in [0.25, 0.3) is 0 Å². The van der Waals surface area contributed by atoms with Gasteiger partial charge in [0.05, 0.1) is 17.4 Å². The van der Waals surface area contributed by atoms with Crippen molar-refractivity contribution >= 4 is 27.3 Å². The third-order valence-corrected chi connectivity index (χ3v) is 6.60. The largest absolute Gasteiger partial charge is 0.337 e. The van der Waals surface area contributed by atoms with E-state index in [4.69, 9.17) is 0 Å². The topological polar surface area (TPSA) is 57.7 Å². The Morgan fingerprint density at radius 2 is 2.00 bits per heavy atom. The van der Waals surface area contributed by atoms with Crippen molar-refractivity contribution in [3.8, 4) is 0 Å². The Hall–Kier alpha value is -0.920. The molecule has 3 rings (SSSR count). The monoisotopic (exact) mass is 328 g/mol. The van der Waals surface area contributed by atoms with Gasteiger partial charge in [-0.25, -0.2) is 8.42 Å². The van der Waals surface area contributed by atoms with Crippen LogP contribution >= 0.6 is 11.3 Å². The number of hydrogen-bond donors (Lipinski definition) is 0. The number of piperidine rings is 1. The number of sulfonamides is 1. The van der Waals surface area contributed by atoms with E-state index in [1.54, 1.807) is 4.31 Å². The van der Waals surface area contributed by atoms with Crippen molar-refractivity contribution in [3.63, 3.8) is 0 Å². The van der Waals surface area contributed by atoms with Crippen LogP contribution in [0.4, 0.5) is 0 Å². The fourth-order valence-corrected chi connectivity index (χ4v) is 5.73. The van der Waals surface area contributed by atoms with Crippen LogP contribution in [0.3, 0.4) is 0 Å². The molecule has 2 aliphatic rings. The van der Waals surface area contributed by atoms with E-state index >= 15 is 0 Å². The van der Waals surface area contributed by atoms with Crippen molar-refractivity contribution in [3.05, 3.63) is 22.4 Å². The highest BCUT2D eigenvalue weighted by molar-refractivity contribution is 7.88. The molecule has 1 amide bonds. The fraction of sp³-hybridized carbons (Fsp3) is 0.643. The molecule has 2 aliphatic heterocycles. The van der Waals surface area contributed by atoms with Crippen molar-refractivity contribution in [2.45, 2.75) is 31.2 Å². The minimum absolute atomic E-state index is 0.0238. The third-order valence-electron chi connectivity index (χ3n) is 4.54. The summed E-state index contributed by atoms with van der Waals surface area (Å²) >= 11 is 1.51. The summed E-state index contributed by atoms with van der Waals surface area (Å²) in [6.45, 7) is 1.82. The predicted octanol–water partition coefficient (Wildman–Crippen LogP) is 1.78. The number of nitrogens with zero attached hydrogens (tertiary/aromatic N) is 2. The standard InChI is InChI=1S/C14H20N2O3S2/c1-21(18,19)16-8-3-6-14(16)5-2-7-15(11-14)13(17)12-4-9-20-10-12/h4,9-10H,2-3,5-8,11H2,1H3/t14-/m0/s1. The maximum atomic E-state index is 12.5. The Morgan fingerprint density at radius 3 is 2.62 bits per heavy atom. The van der Waals surface area contributed by atoms with Gasteiger partial charge in [0.1, 0.15) is 0 Å². The Morgan fingerprint density at radius 1 is 1.29 bits per heavy atom. The van der Waals surface area contributed by atoms with Gasteiger partial charge in [-0.2, -0.15) is 15.6 Å². The normalized spacial score (nSPS) is 27.4. The Bertz CT molecular complexity index is 627. The molecule has 1 spiro atoms. The SMILES string of the molecule is CS(=O)(=O)N1CCC[C@]12CCCN(C(=O)c1ccsc1)C2. The molecule has 0 aromatic carbocycles. The lowest BCUT2D eigenvalue weighted by atomic mass is 9.87. The second kappa shape index (κ2) is 5.37. The highest BCUT2D eigenvalue weighted by atomic mass is 32.2.